The van der Waals surface area contributed by atoms with Crippen molar-refractivity contribution in [2.75, 3.05) is 6.54 Å². The van der Waals surface area contributed by atoms with Crippen LogP contribution in [0.2, 0.25) is 0 Å². The number of hydrogen-bond acceptors (Lipinski definition) is 1. The summed E-state index contributed by atoms with van der Waals surface area (Å²) < 4.78 is 0. The average Bonchev–Trinajstić information content (AvgIpc) is 2.05. The fourth-order valence-corrected chi connectivity index (χ4v) is 0.983. The molecule has 0 saturated heterocycles. The Bertz CT molecular complexity index is 145. The van der Waals surface area contributed by atoms with Gasteiger partial charge >= 0.3 is 0 Å². The van der Waals surface area contributed by atoms with Crippen LogP contribution < -0.4 is 10.6 Å². The summed E-state index contributed by atoms with van der Waals surface area (Å²) in [7, 11) is 0. The molecule has 70 valence electrons. The summed E-state index contributed by atoms with van der Waals surface area (Å²) in [6, 6.07) is 0.242. The Hall–Kier alpha value is -0.570. The van der Waals surface area contributed by atoms with Crippen molar-refractivity contribution in [3.05, 3.63) is 12.7 Å². The van der Waals surface area contributed by atoms with Gasteiger partial charge < -0.3 is 10.6 Å². The molecule has 0 aliphatic heterocycles. The van der Waals surface area contributed by atoms with Crippen molar-refractivity contribution < 1.29 is 0 Å². The van der Waals surface area contributed by atoms with Gasteiger partial charge in [0, 0.05) is 12.6 Å². The Morgan fingerprint density at radius 2 is 2.33 bits per heavy atom. The van der Waals surface area contributed by atoms with Crippen molar-refractivity contribution in [2.45, 2.75) is 32.7 Å². The highest BCUT2D eigenvalue weighted by molar-refractivity contribution is 7.80. The van der Waals surface area contributed by atoms with E-state index in [4.69, 9.17) is 12.2 Å². The van der Waals surface area contributed by atoms with Crippen molar-refractivity contribution in [1.82, 2.24) is 10.6 Å². The van der Waals surface area contributed by atoms with Crippen LogP contribution in [0.5, 0.6) is 0 Å². The van der Waals surface area contributed by atoms with Gasteiger partial charge in [-0.25, -0.2) is 0 Å². The quantitative estimate of drug-likeness (QED) is 0.389. The molecule has 0 heterocycles. The standard InChI is InChI=1S/C9H18N2S/c1-4-6-7-10-9(12)11-8(3)5-2/h5,8H,2,4,6-7H2,1,3H3,(H2,10,11,12). The van der Waals surface area contributed by atoms with Crippen LogP contribution >= 0.6 is 12.2 Å². The predicted molar refractivity (Wildman–Crippen MR) is 58.3 cm³/mol. The van der Waals surface area contributed by atoms with E-state index in [9.17, 15) is 0 Å². The molecule has 0 bridgehead atoms. The summed E-state index contributed by atoms with van der Waals surface area (Å²) in [5.74, 6) is 0. The highest BCUT2D eigenvalue weighted by Gasteiger charge is 1.97. The van der Waals surface area contributed by atoms with Gasteiger partial charge in [0.05, 0.1) is 0 Å². The van der Waals surface area contributed by atoms with Crippen molar-refractivity contribution in [3.8, 4) is 0 Å². The van der Waals surface area contributed by atoms with Gasteiger partial charge in [0.2, 0.25) is 0 Å². The van der Waals surface area contributed by atoms with Crippen LogP contribution in [-0.4, -0.2) is 17.7 Å². The molecule has 1 unspecified atom stereocenters. The van der Waals surface area contributed by atoms with E-state index in [0.717, 1.165) is 18.1 Å². The maximum Gasteiger partial charge on any atom is 0.166 e. The summed E-state index contributed by atoms with van der Waals surface area (Å²) >= 11 is 5.04. The first-order valence-corrected chi connectivity index (χ1v) is 4.78. The monoisotopic (exact) mass is 186 g/mol. The molecular formula is C9H18N2S. The lowest BCUT2D eigenvalue weighted by atomic mass is 10.3. The highest BCUT2D eigenvalue weighted by atomic mass is 32.1. The van der Waals surface area contributed by atoms with Gasteiger partial charge in [-0.1, -0.05) is 19.4 Å². The average molecular weight is 186 g/mol. The van der Waals surface area contributed by atoms with E-state index < -0.39 is 0 Å². The second kappa shape index (κ2) is 7.10. The van der Waals surface area contributed by atoms with Crippen molar-refractivity contribution in [2.24, 2.45) is 0 Å². The van der Waals surface area contributed by atoms with Crippen molar-refractivity contribution in [3.63, 3.8) is 0 Å². The Kier molecular flexibility index (Phi) is 6.76. The summed E-state index contributed by atoms with van der Waals surface area (Å²) in [6.45, 7) is 8.78. The van der Waals surface area contributed by atoms with Crippen LogP contribution in [0.1, 0.15) is 26.7 Å². The lowest BCUT2D eigenvalue weighted by Crippen LogP contribution is -2.39. The molecule has 0 aliphatic rings. The highest BCUT2D eigenvalue weighted by Crippen LogP contribution is 1.84. The van der Waals surface area contributed by atoms with Crippen LogP contribution in [0.15, 0.2) is 12.7 Å². The molecule has 0 aliphatic carbocycles. The second-order valence-corrected chi connectivity index (χ2v) is 3.19. The van der Waals surface area contributed by atoms with E-state index in [0.29, 0.717) is 0 Å². The molecule has 0 aromatic carbocycles. The first-order valence-electron chi connectivity index (χ1n) is 4.37. The zero-order valence-electron chi connectivity index (χ0n) is 7.89. The number of rotatable bonds is 5. The third kappa shape index (κ3) is 6.16. The van der Waals surface area contributed by atoms with E-state index >= 15 is 0 Å². The predicted octanol–water partition coefficient (Wildman–Crippen LogP) is 1.83. The smallest absolute Gasteiger partial charge is 0.166 e. The van der Waals surface area contributed by atoms with E-state index in [1.54, 1.807) is 0 Å². The Morgan fingerprint density at radius 1 is 1.67 bits per heavy atom. The Balaban J connectivity index is 3.39. The SMILES string of the molecule is C=CC(C)NC(=S)NCCCC. The molecule has 0 aromatic rings. The van der Waals surface area contributed by atoms with Crippen LogP contribution in [0.4, 0.5) is 0 Å². The third-order valence-electron chi connectivity index (χ3n) is 1.53. The fraction of sp³-hybridized carbons (Fsp3) is 0.667. The zero-order chi connectivity index (χ0) is 9.40. The van der Waals surface area contributed by atoms with Gasteiger partial charge in [-0.15, -0.1) is 6.58 Å². The first kappa shape index (κ1) is 11.4. The fourth-order valence-electron chi connectivity index (χ4n) is 0.695. The Morgan fingerprint density at radius 3 is 2.83 bits per heavy atom. The number of unbranched alkanes of at least 4 members (excludes halogenated alkanes) is 1. The van der Waals surface area contributed by atoms with Gasteiger partial charge in [0.15, 0.2) is 5.11 Å². The van der Waals surface area contributed by atoms with E-state index in [1.807, 2.05) is 13.0 Å². The molecule has 0 spiro atoms. The minimum Gasteiger partial charge on any atom is -0.363 e. The van der Waals surface area contributed by atoms with E-state index in [-0.39, 0.29) is 6.04 Å². The minimum absolute atomic E-state index is 0.242. The maximum atomic E-state index is 5.04. The maximum absolute atomic E-state index is 5.04. The molecule has 0 aromatic heterocycles. The molecule has 0 saturated carbocycles. The van der Waals surface area contributed by atoms with E-state index in [2.05, 4.69) is 24.1 Å². The van der Waals surface area contributed by atoms with E-state index in [1.165, 1.54) is 6.42 Å². The van der Waals surface area contributed by atoms with Crippen LogP contribution in [0.3, 0.4) is 0 Å². The van der Waals surface area contributed by atoms with Gasteiger partial charge in [-0.2, -0.15) is 0 Å². The Labute approximate surface area is 80.4 Å². The summed E-state index contributed by atoms with van der Waals surface area (Å²) in [6.07, 6.45) is 4.17. The largest absolute Gasteiger partial charge is 0.363 e. The topological polar surface area (TPSA) is 24.1 Å². The molecule has 0 fully saturated rings. The van der Waals surface area contributed by atoms with Crippen LogP contribution in [-0.2, 0) is 0 Å². The van der Waals surface area contributed by atoms with Crippen LogP contribution in [0.25, 0.3) is 0 Å². The normalized spacial score (nSPS) is 11.8. The van der Waals surface area contributed by atoms with Gasteiger partial charge in [-0.3, -0.25) is 0 Å². The lowest BCUT2D eigenvalue weighted by Gasteiger charge is -2.12. The molecule has 1 atom stereocenters. The lowest BCUT2D eigenvalue weighted by molar-refractivity contribution is 0.723. The molecule has 2 nitrogen and oxygen atoms in total. The van der Waals surface area contributed by atoms with Gasteiger partial charge in [0.1, 0.15) is 0 Å². The number of thiocarbonyl (C=S) groups is 1. The summed E-state index contributed by atoms with van der Waals surface area (Å²) in [5, 5.41) is 6.93. The minimum atomic E-state index is 0.242. The molecule has 0 rings (SSSR count). The summed E-state index contributed by atoms with van der Waals surface area (Å²) in [4.78, 5) is 0. The molecule has 3 heteroatoms. The molecular weight excluding hydrogens is 168 g/mol. The van der Waals surface area contributed by atoms with Crippen molar-refractivity contribution >= 4 is 17.3 Å². The second-order valence-electron chi connectivity index (χ2n) is 2.78. The van der Waals surface area contributed by atoms with Gasteiger partial charge in [0.25, 0.3) is 0 Å². The molecule has 0 radical (unpaired) electrons. The van der Waals surface area contributed by atoms with Gasteiger partial charge in [-0.05, 0) is 25.6 Å². The first-order chi connectivity index (χ1) is 5.70. The number of nitrogens with one attached hydrogen (secondary N) is 2. The molecule has 12 heavy (non-hydrogen) atoms. The van der Waals surface area contributed by atoms with Crippen molar-refractivity contribution in [1.29, 1.82) is 0 Å². The molecule has 2 N–H and O–H groups in total. The zero-order valence-corrected chi connectivity index (χ0v) is 8.71. The number of hydrogen-bond donors (Lipinski definition) is 2. The third-order valence-corrected chi connectivity index (χ3v) is 1.79. The van der Waals surface area contributed by atoms with Crippen LogP contribution in [0, 0.1) is 0 Å². The summed E-state index contributed by atoms with van der Waals surface area (Å²) in [5.41, 5.74) is 0. The molecule has 0 amide bonds.